The number of nitrogens with one attached hydrogen (secondary N) is 1. The number of carbonyl (C=O) groups is 1. The number of hydrogen-bond donors (Lipinski definition) is 3. The average Bonchev–Trinajstić information content (AvgIpc) is 3.29. The second-order valence-corrected chi connectivity index (χ2v) is 9.45. The number of thiophene rings is 1. The van der Waals surface area contributed by atoms with Crippen LogP contribution in [0, 0.1) is 0 Å². The van der Waals surface area contributed by atoms with E-state index < -0.39 is 0 Å². The van der Waals surface area contributed by atoms with E-state index in [-0.39, 0.29) is 17.6 Å². The standard InChI is InChI=1S/C26H31N3O2S/c1-16(2)19-14-21(17(3)4)25(31)22(15-19)29-24(30)12-9-18-7-10-20(11-8-18)28-26(27)23-6-5-13-32-23/h5-8,10-11,13-17,31H,9,12H2,1-4H3,(H2,27,28)(H,29,30). The summed E-state index contributed by atoms with van der Waals surface area (Å²) >= 11 is 1.55. The van der Waals surface area contributed by atoms with E-state index in [4.69, 9.17) is 5.73 Å². The Balaban J connectivity index is 1.63. The van der Waals surface area contributed by atoms with Gasteiger partial charge in [-0.3, -0.25) is 4.79 Å². The average molecular weight is 450 g/mol. The van der Waals surface area contributed by atoms with Crippen LogP contribution in [0.3, 0.4) is 0 Å². The molecule has 0 radical (unpaired) electrons. The fourth-order valence-electron chi connectivity index (χ4n) is 3.38. The van der Waals surface area contributed by atoms with Crippen LogP contribution < -0.4 is 11.1 Å². The minimum Gasteiger partial charge on any atom is -0.505 e. The molecule has 0 bridgehead atoms. The maximum atomic E-state index is 12.6. The molecule has 1 heterocycles. The Hall–Kier alpha value is -3.12. The lowest BCUT2D eigenvalue weighted by Gasteiger charge is -2.17. The molecule has 5 nitrogen and oxygen atoms in total. The molecule has 1 amide bonds. The number of aryl methyl sites for hydroxylation is 1. The van der Waals surface area contributed by atoms with E-state index in [1.165, 1.54) is 0 Å². The van der Waals surface area contributed by atoms with Gasteiger partial charge in [0.15, 0.2) is 0 Å². The number of aromatic hydroxyl groups is 1. The molecule has 1 aromatic heterocycles. The van der Waals surface area contributed by atoms with Crippen LogP contribution in [0.1, 0.15) is 67.5 Å². The monoisotopic (exact) mass is 449 g/mol. The fraction of sp³-hybridized carbons (Fsp3) is 0.308. The zero-order valence-electron chi connectivity index (χ0n) is 19.1. The van der Waals surface area contributed by atoms with Crippen LogP contribution in [0.15, 0.2) is 58.9 Å². The molecule has 0 fully saturated rings. The van der Waals surface area contributed by atoms with Gasteiger partial charge in [-0.1, -0.05) is 52.0 Å². The summed E-state index contributed by atoms with van der Waals surface area (Å²) in [6, 6.07) is 15.5. The van der Waals surface area contributed by atoms with Crippen LogP contribution in [0.4, 0.5) is 11.4 Å². The molecule has 3 rings (SSSR count). The van der Waals surface area contributed by atoms with Crippen LogP contribution in [0.2, 0.25) is 0 Å². The molecule has 3 aromatic rings. The molecule has 0 aliphatic heterocycles. The van der Waals surface area contributed by atoms with Crippen molar-refractivity contribution in [1.29, 1.82) is 0 Å². The van der Waals surface area contributed by atoms with Gasteiger partial charge in [0.1, 0.15) is 11.6 Å². The molecule has 0 aliphatic rings. The summed E-state index contributed by atoms with van der Waals surface area (Å²) < 4.78 is 0. The van der Waals surface area contributed by atoms with Crippen LogP contribution in [-0.2, 0) is 11.2 Å². The topological polar surface area (TPSA) is 87.7 Å². The second kappa shape index (κ2) is 10.5. The predicted molar refractivity (Wildman–Crippen MR) is 134 cm³/mol. The molecule has 32 heavy (non-hydrogen) atoms. The quantitative estimate of drug-likeness (QED) is 0.214. The number of nitrogens with zero attached hydrogens (tertiary/aromatic N) is 1. The minimum atomic E-state index is -0.125. The van der Waals surface area contributed by atoms with E-state index in [2.05, 4.69) is 24.2 Å². The van der Waals surface area contributed by atoms with Gasteiger partial charge in [-0.25, -0.2) is 4.99 Å². The maximum Gasteiger partial charge on any atom is 0.224 e. The molecule has 2 aromatic carbocycles. The van der Waals surface area contributed by atoms with Crippen molar-refractivity contribution in [3.8, 4) is 5.75 Å². The van der Waals surface area contributed by atoms with Gasteiger partial charge in [0.05, 0.1) is 16.3 Å². The number of carbonyl (C=O) groups excluding carboxylic acids is 1. The van der Waals surface area contributed by atoms with Gasteiger partial charge in [0.25, 0.3) is 0 Å². The van der Waals surface area contributed by atoms with Crippen LogP contribution in [0.5, 0.6) is 5.75 Å². The number of benzene rings is 2. The Kier molecular flexibility index (Phi) is 7.70. The smallest absolute Gasteiger partial charge is 0.224 e. The fourth-order valence-corrected chi connectivity index (χ4v) is 4.00. The number of phenols is 1. The lowest BCUT2D eigenvalue weighted by atomic mass is 9.93. The molecule has 0 atom stereocenters. The third-order valence-electron chi connectivity index (χ3n) is 5.32. The first-order chi connectivity index (χ1) is 15.2. The molecule has 0 saturated carbocycles. The number of phenolic OH excluding ortho intramolecular Hbond substituents is 1. The highest BCUT2D eigenvalue weighted by Crippen LogP contribution is 2.36. The Morgan fingerprint density at radius 2 is 1.81 bits per heavy atom. The molecule has 0 unspecified atom stereocenters. The van der Waals surface area contributed by atoms with Crippen molar-refractivity contribution in [2.75, 3.05) is 5.32 Å². The number of aliphatic imine (C=N–C) groups is 1. The summed E-state index contributed by atoms with van der Waals surface area (Å²) in [5.41, 5.74) is 10.3. The minimum absolute atomic E-state index is 0.125. The number of amidine groups is 1. The van der Waals surface area contributed by atoms with E-state index in [1.807, 2.05) is 67.8 Å². The third-order valence-corrected chi connectivity index (χ3v) is 6.22. The zero-order chi connectivity index (χ0) is 23.3. The first-order valence-electron chi connectivity index (χ1n) is 10.9. The molecular formula is C26H31N3O2S. The Morgan fingerprint density at radius 3 is 2.41 bits per heavy atom. The normalized spacial score (nSPS) is 11.9. The summed E-state index contributed by atoms with van der Waals surface area (Å²) in [6.07, 6.45) is 0.917. The lowest BCUT2D eigenvalue weighted by molar-refractivity contribution is -0.116. The van der Waals surface area contributed by atoms with Gasteiger partial charge in [-0.2, -0.15) is 0 Å². The molecule has 168 valence electrons. The Bertz CT molecular complexity index is 1090. The molecule has 0 saturated heterocycles. The highest BCUT2D eigenvalue weighted by Gasteiger charge is 2.16. The van der Waals surface area contributed by atoms with Crippen molar-refractivity contribution < 1.29 is 9.90 Å². The third kappa shape index (κ3) is 5.98. The maximum absolute atomic E-state index is 12.6. The van der Waals surface area contributed by atoms with Crippen LogP contribution >= 0.6 is 11.3 Å². The summed E-state index contributed by atoms with van der Waals surface area (Å²) in [5, 5.41) is 15.5. The van der Waals surface area contributed by atoms with Crippen molar-refractivity contribution in [2.24, 2.45) is 10.7 Å². The Morgan fingerprint density at radius 1 is 1.09 bits per heavy atom. The second-order valence-electron chi connectivity index (χ2n) is 8.50. The zero-order valence-corrected chi connectivity index (χ0v) is 19.9. The molecule has 0 aliphatic carbocycles. The number of amides is 1. The number of rotatable bonds is 8. The van der Waals surface area contributed by atoms with Gasteiger partial charge < -0.3 is 16.2 Å². The van der Waals surface area contributed by atoms with E-state index in [0.717, 1.165) is 27.3 Å². The number of anilines is 1. The number of hydrogen-bond acceptors (Lipinski definition) is 4. The molecular weight excluding hydrogens is 418 g/mol. The highest BCUT2D eigenvalue weighted by atomic mass is 32.1. The number of nitrogens with two attached hydrogens (primary N) is 1. The predicted octanol–water partition coefficient (Wildman–Crippen LogP) is 6.31. The van der Waals surface area contributed by atoms with Gasteiger partial charge in [0, 0.05) is 6.42 Å². The highest BCUT2D eigenvalue weighted by molar-refractivity contribution is 7.12. The first kappa shape index (κ1) is 23.5. The molecule has 6 heteroatoms. The SMILES string of the molecule is CC(C)c1cc(NC(=O)CCc2ccc(N=C(N)c3cccs3)cc2)c(O)c(C(C)C)c1. The van der Waals surface area contributed by atoms with Crippen LogP contribution in [0.25, 0.3) is 0 Å². The van der Waals surface area contributed by atoms with E-state index in [9.17, 15) is 9.90 Å². The van der Waals surface area contributed by atoms with Crippen molar-refractivity contribution in [2.45, 2.75) is 52.4 Å². The van der Waals surface area contributed by atoms with Gasteiger partial charge in [-0.05, 0) is 64.6 Å². The van der Waals surface area contributed by atoms with Crippen molar-refractivity contribution in [1.82, 2.24) is 0 Å². The summed E-state index contributed by atoms with van der Waals surface area (Å²) in [4.78, 5) is 18.0. The van der Waals surface area contributed by atoms with Gasteiger partial charge >= 0.3 is 0 Å². The van der Waals surface area contributed by atoms with Crippen molar-refractivity contribution in [3.05, 3.63) is 75.5 Å². The first-order valence-corrected chi connectivity index (χ1v) is 11.8. The largest absolute Gasteiger partial charge is 0.505 e. The van der Waals surface area contributed by atoms with E-state index in [0.29, 0.717) is 30.3 Å². The Labute approximate surface area is 194 Å². The lowest BCUT2D eigenvalue weighted by Crippen LogP contribution is -2.13. The van der Waals surface area contributed by atoms with Crippen LogP contribution in [-0.4, -0.2) is 16.8 Å². The summed E-state index contributed by atoms with van der Waals surface area (Å²) in [6.45, 7) is 8.27. The van der Waals surface area contributed by atoms with Crippen molar-refractivity contribution >= 4 is 34.5 Å². The summed E-state index contributed by atoms with van der Waals surface area (Å²) in [7, 11) is 0. The van der Waals surface area contributed by atoms with E-state index in [1.54, 1.807) is 11.3 Å². The molecule has 4 N–H and O–H groups in total. The van der Waals surface area contributed by atoms with Crippen molar-refractivity contribution in [3.63, 3.8) is 0 Å². The van der Waals surface area contributed by atoms with Gasteiger partial charge in [0.2, 0.25) is 5.91 Å². The van der Waals surface area contributed by atoms with E-state index >= 15 is 0 Å². The van der Waals surface area contributed by atoms with Gasteiger partial charge in [-0.15, -0.1) is 11.3 Å². The summed E-state index contributed by atoms with van der Waals surface area (Å²) in [5.74, 6) is 0.998. The molecule has 0 spiro atoms.